The summed E-state index contributed by atoms with van der Waals surface area (Å²) in [5.74, 6) is 1.09. The van der Waals surface area contributed by atoms with Crippen LogP contribution in [-0.4, -0.2) is 34.6 Å². The molecule has 2 amide bonds. The topological polar surface area (TPSA) is 105 Å². The summed E-state index contributed by atoms with van der Waals surface area (Å²) in [6.45, 7) is 13.3. The number of hydrogen-bond donors (Lipinski definition) is 1. The van der Waals surface area contributed by atoms with Crippen LogP contribution >= 0.6 is 0 Å². The van der Waals surface area contributed by atoms with Crippen LogP contribution in [-0.2, 0) is 58.4 Å². The Morgan fingerprint density at radius 1 is 0.630 bits per heavy atom. The van der Waals surface area contributed by atoms with Gasteiger partial charge in [-0.2, -0.15) is 0 Å². The Morgan fingerprint density at radius 3 is 1.39 bits per heavy atom. The van der Waals surface area contributed by atoms with Crippen molar-refractivity contribution >= 4 is 24.8 Å². The summed E-state index contributed by atoms with van der Waals surface area (Å²) in [4.78, 5) is 53.4. The summed E-state index contributed by atoms with van der Waals surface area (Å²) < 4.78 is 10.6. The van der Waals surface area contributed by atoms with Gasteiger partial charge in [-0.25, -0.2) is 0 Å². The van der Waals surface area contributed by atoms with E-state index < -0.39 is 0 Å². The first-order chi connectivity index (χ1) is 22.0. The molecule has 46 heavy (non-hydrogen) atoms. The van der Waals surface area contributed by atoms with E-state index >= 15 is 0 Å². The quantitative estimate of drug-likeness (QED) is 0.314. The van der Waals surface area contributed by atoms with Gasteiger partial charge in [0.15, 0.2) is 0 Å². The van der Waals surface area contributed by atoms with Crippen LogP contribution in [0.25, 0.3) is 0 Å². The van der Waals surface area contributed by atoms with Crippen molar-refractivity contribution < 1.29 is 28.7 Å². The Hall–Kier alpha value is -4.50. The Morgan fingerprint density at radius 2 is 0.978 bits per heavy atom. The molecule has 0 spiro atoms. The fraction of sp³-hybridized carbons (Fsp3) is 0.405. The van der Waals surface area contributed by atoms with E-state index in [-0.39, 0.29) is 36.7 Å². The molecule has 6 bridgehead atoms. The third kappa shape index (κ3) is 10.3. The lowest BCUT2D eigenvalue weighted by molar-refractivity contribution is -0.134. The minimum Gasteiger partial charge on any atom is -0.429 e. The minimum atomic E-state index is -0.0309. The highest BCUT2D eigenvalue weighted by atomic mass is 16.5. The average Bonchev–Trinajstić information content (AvgIpc) is 2.95. The van der Waals surface area contributed by atoms with E-state index in [4.69, 9.17) is 9.47 Å². The van der Waals surface area contributed by atoms with Gasteiger partial charge in [-0.3, -0.25) is 19.2 Å². The van der Waals surface area contributed by atoms with Gasteiger partial charge < -0.3 is 24.6 Å². The van der Waals surface area contributed by atoms with Gasteiger partial charge in [-0.05, 0) is 76.4 Å². The lowest BCUT2D eigenvalue weighted by Crippen LogP contribution is -2.32. The minimum absolute atomic E-state index is 0.0309. The largest absolute Gasteiger partial charge is 0.429 e. The molecule has 3 aromatic rings. The fourth-order valence-corrected chi connectivity index (χ4v) is 5.88. The standard InChI is InChI=1S/C37H45N3O6/c1-25(2)6-36(43)39-19-30-9-27(5)8-28(10-30)17-38-18-29-11-31(14-34(13-29)45-23-41)20-40(37(44)7-26(3)4)22-33-12-32(21-39)15-35(16-33)46-24-42/h8-16,23-26,38H,6-7,17-22H2,1-5H3. The number of carbonyl (C=O) groups is 4. The number of nitrogens with one attached hydrogen (secondary N) is 1. The molecule has 0 fully saturated rings. The van der Waals surface area contributed by atoms with Crippen LogP contribution in [0.2, 0.25) is 0 Å². The zero-order valence-electron chi connectivity index (χ0n) is 27.5. The van der Waals surface area contributed by atoms with Crippen LogP contribution in [0.1, 0.15) is 79.5 Å². The molecular weight excluding hydrogens is 582 g/mol. The van der Waals surface area contributed by atoms with E-state index in [2.05, 4.69) is 23.5 Å². The molecule has 0 saturated carbocycles. The van der Waals surface area contributed by atoms with Crippen LogP contribution in [0.3, 0.4) is 0 Å². The van der Waals surface area contributed by atoms with Crippen LogP contribution in [0.15, 0.2) is 54.6 Å². The second-order valence-electron chi connectivity index (χ2n) is 13.0. The van der Waals surface area contributed by atoms with Crippen molar-refractivity contribution in [3.63, 3.8) is 0 Å². The van der Waals surface area contributed by atoms with Crippen molar-refractivity contribution in [2.24, 2.45) is 11.8 Å². The number of fused-ring (bicyclic) bond motifs is 6. The summed E-state index contributed by atoms with van der Waals surface area (Å²) in [7, 11) is 0. The number of ether oxygens (including phenoxy) is 2. The molecule has 0 aromatic heterocycles. The second-order valence-corrected chi connectivity index (χ2v) is 13.0. The number of carbonyl (C=O) groups excluding carboxylic acids is 4. The highest BCUT2D eigenvalue weighted by Crippen LogP contribution is 2.25. The van der Waals surface area contributed by atoms with E-state index in [1.807, 2.05) is 57.7 Å². The summed E-state index contributed by atoms with van der Waals surface area (Å²) in [5.41, 5.74) is 6.49. The van der Waals surface area contributed by atoms with E-state index in [1.54, 1.807) is 23.1 Å². The number of amides is 2. The molecule has 0 atom stereocenters. The maximum absolute atomic E-state index is 13.6. The molecule has 4 rings (SSSR count). The van der Waals surface area contributed by atoms with Gasteiger partial charge in [0.2, 0.25) is 11.8 Å². The Labute approximate surface area is 271 Å². The molecule has 1 aliphatic heterocycles. The molecule has 244 valence electrons. The van der Waals surface area contributed by atoms with Crippen molar-refractivity contribution in [3.05, 3.63) is 93.5 Å². The molecule has 1 N–H and O–H groups in total. The average molecular weight is 628 g/mol. The highest BCUT2D eigenvalue weighted by Gasteiger charge is 2.21. The summed E-state index contributed by atoms with van der Waals surface area (Å²) in [6.07, 6.45) is 0.758. The van der Waals surface area contributed by atoms with Gasteiger partial charge in [0.25, 0.3) is 12.9 Å². The van der Waals surface area contributed by atoms with Gasteiger partial charge in [0.1, 0.15) is 11.5 Å². The zero-order chi connectivity index (χ0) is 33.2. The van der Waals surface area contributed by atoms with Gasteiger partial charge in [-0.1, -0.05) is 63.6 Å². The number of aryl methyl sites for hydroxylation is 1. The number of nitrogens with zero attached hydrogens (tertiary/aromatic N) is 2. The van der Waals surface area contributed by atoms with Crippen LogP contribution in [0, 0.1) is 18.8 Å². The third-order valence-electron chi connectivity index (χ3n) is 7.64. The van der Waals surface area contributed by atoms with Crippen molar-refractivity contribution in [1.29, 1.82) is 0 Å². The smallest absolute Gasteiger partial charge is 0.298 e. The van der Waals surface area contributed by atoms with E-state index in [1.165, 1.54) is 0 Å². The Balaban J connectivity index is 1.83. The van der Waals surface area contributed by atoms with Gasteiger partial charge >= 0.3 is 0 Å². The van der Waals surface area contributed by atoms with Crippen LogP contribution in [0.5, 0.6) is 11.5 Å². The SMILES string of the molecule is Cc1cc2cc(c1)CN(C(=O)CC(C)C)Cc1cc(cc(OC=O)c1)CN(C(=O)CC(C)C)Cc1cc(cc(OC=O)c1)CNC2. The van der Waals surface area contributed by atoms with E-state index in [0.717, 1.165) is 38.9 Å². The molecule has 1 heterocycles. The predicted molar refractivity (Wildman–Crippen MR) is 175 cm³/mol. The monoisotopic (exact) mass is 627 g/mol. The molecular formula is C37H45N3O6. The molecule has 1 aliphatic rings. The first-order valence-electron chi connectivity index (χ1n) is 15.8. The summed E-state index contributed by atoms with van der Waals surface area (Å²) in [5, 5.41) is 3.50. The molecule has 0 saturated heterocycles. The molecule has 0 aliphatic carbocycles. The number of rotatable bonds is 8. The summed E-state index contributed by atoms with van der Waals surface area (Å²) >= 11 is 0. The zero-order valence-corrected chi connectivity index (χ0v) is 27.5. The predicted octanol–water partition coefficient (Wildman–Crippen LogP) is 5.82. The lowest BCUT2D eigenvalue weighted by atomic mass is 10.0. The van der Waals surface area contributed by atoms with Gasteiger partial charge in [0, 0.05) is 52.1 Å². The Bertz CT molecular complexity index is 1550. The maximum atomic E-state index is 13.6. The van der Waals surface area contributed by atoms with Crippen molar-refractivity contribution in [3.8, 4) is 11.5 Å². The number of benzene rings is 3. The number of hydrogen-bond acceptors (Lipinski definition) is 7. The highest BCUT2D eigenvalue weighted by molar-refractivity contribution is 5.77. The fourth-order valence-electron chi connectivity index (χ4n) is 5.88. The third-order valence-corrected chi connectivity index (χ3v) is 7.64. The van der Waals surface area contributed by atoms with Crippen LogP contribution in [0.4, 0.5) is 0 Å². The molecule has 9 heteroatoms. The van der Waals surface area contributed by atoms with Crippen molar-refractivity contribution in [2.45, 2.75) is 86.7 Å². The molecule has 0 unspecified atom stereocenters. The van der Waals surface area contributed by atoms with Crippen molar-refractivity contribution in [1.82, 2.24) is 15.1 Å². The lowest BCUT2D eigenvalue weighted by Gasteiger charge is -2.27. The van der Waals surface area contributed by atoms with E-state index in [9.17, 15) is 19.2 Å². The van der Waals surface area contributed by atoms with Gasteiger partial charge in [0.05, 0.1) is 0 Å². The first kappa shape index (κ1) is 34.4. The second kappa shape index (κ2) is 16.2. The Kier molecular flexibility index (Phi) is 12.1. The first-order valence-corrected chi connectivity index (χ1v) is 15.8. The molecule has 0 radical (unpaired) electrons. The molecule has 3 aromatic carbocycles. The van der Waals surface area contributed by atoms with Gasteiger partial charge in [-0.15, -0.1) is 0 Å². The normalized spacial score (nSPS) is 14.0. The van der Waals surface area contributed by atoms with E-state index in [0.29, 0.717) is 63.5 Å². The van der Waals surface area contributed by atoms with Crippen molar-refractivity contribution in [2.75, 3.05) is 0 Å². The molecule has 9 nitrogen and oxygen atoms in total. The summed E-state index contributed by atoms with van der Waals surface area (Å²) in [6, 6.07) is 17.4. The van der Waals surface area contributed by atoms with Crippen LogP contribution < -0.4 is 14.8 Å². The maximum Gasteiger partial charge on any atom is 0.298 e.